The van der Waals surface area contributed by atoms with Gasteiger partial charge in [0.15, 0.2) is 6.61 Å². The smallest absolute Gasteiger partial charge is 0.278 e. The Morgan fingerprint density at radius 2 is 2.00 bits per heavy atom. The number of amides is 1. The number of nitriles is 1. The van der Waals surface area contributed by atoms with E-state index < -0.39 is 5.91 Å². The minimum atomic E-state index is -0.460. The topological polar surface area (TPSA) is 102 Å². The summed E-state index contributed by atoms with van der Waals surface area (Å²) in [7, 11) is 1.54. The minimum absolute atomic E-state index is 0.102. The summed E-state index contributed by atoms with van der Waals surface area (Å²) in [5.41, 5.74) is 8.05. The van der Waals surface area contributed by atoms with Gasteiger partial charge in [-0.1, -0.05) is 18.2 Å². The molecule has 3 aromatic rings. The highest BCUT2D eigenvalue weighted by molar-refractivity contribution is 5.84. The van der Waals surface area contributed by atoms with Gasteiger partial charge in [0.2, 0.25) is 5.88 Å². The number of nitrogens with zero attached hydrogens (tertiary/aromatic N) is 4. The fourth-order valence-electron chi connectivity index (χ4n) is 3.44. The number of methoxy groups -OCH3 is 1. The van der Waals surface area contributed by atoms with Gasteiger partial charge in [-0.2, -0.15) is 10.4 Å². The maximum absolute atomic E-state index is 12.2. The third kappa shape index (κ3) is 5.20. The highest BCUT2D eigenvalue weighted by atomic mass is 16.5. The van der Waals surface area contributed by atoms with E-state index in [1.165, 1.54) is 0 Å². The predicted molar refractivity (Wildman–Crippen MR) is 121 cm³/mol. The number of para-hydroxylation sites is 1. The molecule has 8 heteroatoms. The third-order valence-corrected chi connectivity index (χ3v) is 4.83. The number of aromatic nitrogens is 2. The van der Waals surface area contributed by atoms with Crippen molar-refractivity contribution in [3.05, 3.63) is 76.2 Å². The average Bonchev–Trinajstić information content (AvgIpc) is 3.06. The Balaban J connectivity index is 1.65. The van der Waals surface area contributed by atoms with Crippen LogP contribution in [0.15, 0.2) is 47.6 Å². The van der Waals surface area contributed by atoms with Crippen molar-refractivity contribution < 1.29 is 14.3 Å². The molecule has 3 rings (SSSR count). The average molecular weight is 431 g/mol. The van der Waals surface area contributed by atoms with Crippen molar-refractivity contribution in [2.24, 2.45) is 5.10 Å². The molecule has 1 aromatic carbocycles. The summed E-state index contributed by atoms with van der Waals surface area (Å²) in [5, 5.41) is 13.5. The molecule has 0 saturated carbocycles. The monoisotopic (exact) mass is 431 g/mol. The summed E-state index contributed by atoms with van der Waals surface area (Å²) >= 11 is 0. The lowest BCUT2D eigenvalue weighted by molar-refractivity contribution is -0.123. The zero-order chi connectivity index (χ0) is 23.1. The first-order valence-electron chi connectivity index (χ1n) is 10.0. The fraction of sp³-hybridized carbons (Fsp3) is 0.250. The van der Waals surface area contributed by atoms with Crippen molar-refractivity contribution in [3.8, 4) is 17.6 Å². The lowest BCUT2D eigenvalue weighted by Gasteiger charge is -2.10. The zero-order valence-corrected chi connectivity index (χ0v) is 18.5. The highest BCUT2D eigenvalue weighted by Crippen LogP contribution is 2.21. The minimum Gasteiger partial charge on any atom is -0.467 e. The molecule has 0 fully saturated rings. The van der Waals surface area contributed by atoms with Gasteiger partial charge >= 0.3 is 0 Å². The standard InChI is InChI=1S/C24H25N5O3/c1-16-10-20(14-31-4)22(12-25)24(27-16)32-15-23(30)28-26-13-19-11-17(2)29(18(19)3)21-8-6-5-7-9-21/h5-11,13H,14-15H2,1-4H3,(H,28,30)/b26-13-. The van der Waals surface area contributed by atoms with Gasteiger partial charge in [-0.15, -0.1) is 0 Å². The van der Waals surface area contributed by atoms with Crippen LogP contribution in [-0.2, 0) is 16.1 Å². The second-order valence-corrected chi connectivity index (χ2v) is 7.23. The van der Waals surface area contributed by atoms with Gasteiger partial charge in [-0.3, -0.25) is 4.79 Å². The van der Waals surface area contributed by atoms with Crippen LogP contribution in [0.5, 0.6) is 5.88 Å². The number of aryl methyl sites for hydroxylation is 2. The molecule has 0 saturated heterocycles. The van der Waals surface area contributed by atoms with E-state index in [1.54, 1.807) is 26.3 Å². The molecule has 0 aliphatic rings. The fourth-order valence-corrected chi connectivity index (χ4v) is 3.44. The van der Waals surface area contributed by atoms with Gasteiger partial charge in [0.1, 0.15) is 11.6 Å². The second-order valence-electron chi connectivity index (χ2n) is 7.23. The molecule has 2 aromatic heterocycles. The van der Waals surface area contributed by atoms with Crippen LogP contribution >= 0.6 is 0 Å². The Bertz CT molecular complexity index is 1180. The molecule has 164 valence electrons. The van der Waals surface area contributed by atoms with Gasteiger partial charge in [-0.25, -0.2) is 10.4 Å². The number of carbonyl (C=O) groups is 1. The lowest BCUT2D eigenvalue weighted by Crippen LogP contribution is -2.25. The van der Waals surface area contributed by atoms with Gasteiger partial charge in [0, 0.05) is 41.0 Å². The largest absolute Gasteiger partial charge is 0.467 e. The Kier molecular flexibility index (Phi) is 7.37. The van der Waals surface area contributed by atoms with Crippen molar-refractivity contribution in [2.75, 3.05) is 13.7 Å². The summed E-state index contributed by atoms with van der Waals surface area (Å²) in [5.74, 6) is -0.358. The second kappa shape index (κ2) is 10.4. The van der Waals surface area contributed by atoms with Crippen LogP contribution in [-0.4, -0.2) is 35.4 Å². The van der Waals surface area contributed by atoms with E-state index in [9.17, 15) is 10.1 Å². The molecule has 32 heavy (non-hydrogen) atoms. The molecule has 0 aliphatic carbocycles. The molecular weight excluding hydrogens is 406 g/mol. The lowest BCUT2D eigenvalue weighted by atomic mass is 10.1. The number of hydrogen-bond acceptors (Lipinski definition) is 6. The summed E-state index contributed by atoms with van der Waals surface area (Å²) in [4.78, 5) is 16.4. The van der Waals surface area contributed by atoms with Crippen molar-refractivity contribution in [3.63, 3.8) is 0 Å². The van der Waals surface area contributed by atoms with Gasteiger partial charge in [0.05, 0.1) is 12.8 Å². The third-order valence-electron chi connectivity index (χ3n) is 4.83. The summed E-state index contributed by atoms with van der Waals surface area (Å²) in [6.07, 6.45) is 1.60. The highest BCUT2D eigenvalue weighted by Gasteiger charge is 2.14. The number of nitrogens with one attached hydrogen (secondary N) is 1. The summed E-state index contributed by atoms with van der Waals surface area (Å²) < 4.78 is 12.7. The molecule has 0 radical (unpaired) electrons. The Hall–Kier alpha value is -3.96. The molecule has 0 bridgehead atoms. The van der Waals surface area contributed by atoms with E-state index in [0.717, 1.165) is 22.6 Å². The van der Waals surface area contributed by atoms with Crippen molar-refractivity contribution in [2.45, 2.75) is 27.4 Å². The van der Waals surface area contributed by atoms with Crippen LogP contribution in [0.3, 0.4) is 0 Å². The van der Waals surface area contributed by atoms with Crippen molar-refractivity contribution in [1.82, 2.24) is 15.0 Å². The number of rotatable bonds is 8. The van der Waals surface area contributed by atoms with E-state index in [1.807, 2.05) is 50.2 Å². The van der Waals surface area contributed by atoms with E-state index in [4.69, 9.17) is 9.47 Å². The molecule has 0 unspecified atom stereocenters. The SMILES string of the molecule is COCc1cc(C)nc(OCC(=O)N/N=C\c2cc(C)n(-c3ccccc3)c2C)c1C#N. The molecule has 1 N–H and O–H groups in total. The van der Waals surface area contributed by atoms with Crippen LogP contribution in [0.4, 0.5) is 0 Å². The van der Waals surface area contributed by atoms with E-state index in [0.29, 0.717) is 11.3 Å². The Morgan fingerprint density at radius 1 is 1.25 bits per heavy atom. The number of hydrazone groups is 1. The first kappa shape index (κ1) is 22.7. The van der Waals surface area contributed by atoms with Crippen molar-refractivity contribution >= 4 is 12.1 Å². The van der Waals surface area contributed by atoms with Crippen LogP contribution in [0.1, 0.15) is 33.8 Å². The molecule has 2 heterocycles. The summed E-state index contributed by atoms with van der Waals surface area (Å²) in [6, 6.07) is 15.8. The Labute approximate surface area is 187 Å². The number of pyridine rings is 1. The zero-order valence-electron chi connectivity index (χ0n) is 18.5. The van der Waals surface area contributed by atoms with E-state index in [-0.39, 0.29) is 24.7 Å². The van der Waals surface area contributed by atoms with E-state index in [2.05, 4.69) is 26.1 Å². The molecule has 1 amide bonds. The molecule has 0 spiro atoms. The quantitative estimate of drug-likeness (QED) is 0.435. The number of benzene rings is 1. The molecular formula is C24H25N5O3. The maximum Gasteiger partial charge on any atom is 0.278 e. The molecule has 0 aliphatic heterocycles. The maximum atomic E-state index is 12.2. The molecule has 8 nitrogen and oxygen atoms in total. The first-order valence-corrected chi connectivity index (χ1v) is 10.0. The van der Waals surface area contributed by atoms with Gasteiger partial charge in [0.25, 0.3) is 5.91 Å². The van der Waals surface area contributed by atoms with Gasteiger partial charge < -0.3 is 14.0 Å². The summed E-state index contributed by atoms with van der Waals surface area (Å²) in [6.45, 7) is 5.72. The number of hydrogen-bond donors (Lipinski definition) is 1. The van der Waals surface area contributed by atoms with Crippen molar-refractivity contribution in [1.29, 1.82) is 5.26 Å². The van der Waals surface area contributed by atoms with Crippen LogP contribution in [0, 0.1) is 32.1 Å². The van der Waals surface area contributed by atoms with E-state index >= 15 is 0 Å². The van der Waals surface area contributed by atoms with Crippen LogP contribution in [0.2, 0.25) is 0 Å². The number of ether oxygens (including phenoxy) is 2. The van der Waals surface area contributed by atoms with Crippen LogP contribution in [0.25, 0.3) is 5.69 Å². The van der Waals surface area contributed by atoms with Crippen LogP contribution < -0.4 is 10.2 Å². The molecule has 0 atom stereocenters. The normalized spacial score (nSPS) is 10.8. The Morgan fingerprint density at radius 3 is 2.69 bits per heavy atom. The number of carbonyl (C=O) groups excluding carboxylic acids is 1. The predicted octanol–water partition coefficient (Wildman–Crippen LogP) is 3.34. The first-order chi connectivity index (χ1) is 15.4. The van der Waals surface area contributed by atoms with Gasteiger partial charge in [-0.05, 0) is 45.0 Å².